The van der Waals surface area contributed by atoms with Crippen LogP contribution in [-0.2, 0) is 4.74 Å². The van der Waals surface area contributed by atoms with Crippen LogP contribution in [0.3, 0.4) is 0 Å². The Hall–Kier alpha value is -1.99. The van der Waals surface area contributed by atoms with Crippen LogP contribution in [-0.4, -0.2) is 45.2 Å². The molecule has 1 fully saturated rings. The van der Waals surface area contributed by atoms with Gasteiger partial charge in [0.15, 0.2) is 0 Å². The number of halogens is 1. The van der Waals surface area contributed by atoms with Crippen molar-refractivity contribution in [3.8, 4) is 11.3 Å². The highest BCUT2D eigenvalue weighted by molar-refractivity contribution is 6.20. The monoisotopic (exact) mass is 292 g/mol. The minimum atomic E-state index is -0.337. The van der Waals surface area contributed by atoms with Crippen LogP contribution in [0.15, 0.2) is 24.7 Å². The quantitative estimate of drug-likeness (QED) is 0.823. The van der Waals surface area contributed by atoms with E-state index in [1.165, 1.54) is 0 Å². The van der Waals surface area contributed by atoms with Crippen LogP contribution in [0.4, 0.5) is 11.9 Å². The van der Waals surface area contributed by atoms with Crippen molar-refractivity contribution in [2.24, 2.45) is 0 Å². The molecule has 20 heavy (non-hydrogen) atoms. The third-order valence-electron chi connectivity index (χ3n) is 2.92. The van der Waals surface area contributed by atoms with Gasteiger partial charge in [-0.05, 0) is 6.07 Å². The Balaban J connectivity index is 1.87. The zero-order valence-electron chi connectivity index (χ0n) is 10.6. The van der Waals surface area contributed by atoms with Crippen LogP contribution in [0.25, 0.3) is 11.3 Å². The van der Waals surface area contributed by atoms with Crippen LogP contribution >= 0.6 is 11.6 Å². The molecule has 0 spiro atoms. The summed E-state index contributed by atoms with van der Waals surface area (Å²) in [6.45, 7) is 1.83. The molecule has 1 unspecified atom stereocenters. The van der Waals surface area contributed by atoms with Gasteiger partial charge in [0.05, 0.1) is 18.8 Å². The summed E-state index contributed by atoms with van der Waals surface area (Å²) in [5.41, 5.74) is 6.67. The molecule has 1 aliphatic heterocycles. The van der Waals surface area contributed by atoms with Crippen molar-refractivity contribution >= 4 is 23.5 Å². The van der Waals surface area contributed by atoms with Gasteiger partial charge in [0, 0.05) is 30.7 Å². The van der Waals surface area contributed by atoms with Gasteiger partial charge in [-0.15, -0.1) is 0 Å². The van der Waals surface area contributed by atoms with E-state index in [1.807, 2.05) is 4.90 Å². The minimum Gasteiger partial charge on any atom is -0.368 e. The van der Waals surface area contributed by atoms with Gasteiger partial charge in [0.2, 0.25) is 11.9 Å². The standard InChI is InChI=1S/C12H13ClN6O/c13-10-7-19(3-4-20-10)12-15-2-1-9(18-12)8-5-16-11(14)17-6-8/h1-2,5-6,10H,3-4,7H2,(H2,14,16,17). The second-order valence-electron chi connectivity index (χ2n) is 4.30. The van der Waals surface area contributed by atoms with Gasteiger partial charge < -0.3 is 15.4 Å². The summed E-state index contributed by atoms with van der Waals surface area (Å²) in [5, 5.41) is 0. The van der Waals surface area contributed by atoms with E-state index in [4.69, 9.17) is 22.1 Å². The fourth-order valence-electron chi connectivity index (χ4n) is 1.92. The lowest BCUT2D eigenvalue weighted by Crippen LogP contribution is -2.41. The van der Waals surface area contributed by atoms with E-state index in [9.17, 15) is 0 Å². The van der Waals surface area contributed by atoms with Gasteiger partial charge in [-0.25, -0.2) is 19.9 Å². The molecular formula is C12H13ClN6O. The van der Waals surface area contributed by atoms with Crippen molar-refractivity contribution < 1.29 is 4.74 Å². The minimum absolute atomic E-state index is 0.237. The number of nitrogen functional groups attached to an aromatic ring is 1. The van der Waals surface area contributed by atoms with E-state index in [-0.39, 0.29) is 11.5 Å². The molecule has 0 amide bonds. The molecule has 0 radical (unpaired) electrons. The molecule has 1 atom stereocenters. The number of alkyl halides is 1. The maximum atomic E-state index is 5.98. The van der Waals surface area contributed by atoms with Crippen LogP contribution in [0.5, 0.6) is 0 Å². The van der Waals surface area contributed by atoms with Gasteiger partial charge >= 0.3 is 0 Å². The van der Waals surface area contributed by atoms with E-state index in [0.717, 1.165) is 11.3 Å². The van der Waals surface area contributed by atoms with E-state index in [0.29, 0.717) is 25.6 Å². The third-order valence-corrected chi connectivity index (χ3v) is 3.18. The molecule has 2 aromatic heterocycles. The average Bonchev–Trinajstić information content (AvgIpc) is 2.48. The van der Waals surface area contributed by atoms with E-state index in [2.05, 4.69) is 19.9 Å². The Labute approximate surface area is 120 Å². The van der Waals surface area contributed by atoms with E-state index < -0.39 is 0 Å². The molecule has 7 nitrogen and oxygen atoms in total. The van der Waals surface area contributed by atoms with Crippen molar-refractivity contribution in [2.75, 3.05) is 30.3 Å². The number of morpholine rings is 1. The molecule has 2 N–H and O–H groups in total. The van der Waals surface area contributed by atoms with Gasteiger partial charge in [-0.3, -0.25) is 0 Å². The molecule has 1 aliphatic rings. The lowest BCUT2D eigenvalue weighted by Gasteiger charge is -2.29. The van der Waals surface area contributed by atoms with Crippen molar-refractivity contribution in [3.63, 3.8) is 0 Å². The summed E-state index contributed by atoms with van der Waals surface area (Å²) in [4.78, 5) is 18.7. The summed E-state index contributed by atoms with van der Waals surface area (Å²) >= 11 is 5.98. The molecule has 0 aromatic carbocycles. The highest BCUT2D eigenvalue weighted by Gasteiger charge is 2.20. The maximum absolute atomic E-state index is 5.98. The van der Waals surface area contributed by atoms with Gasteiger partial charge in [0.1, 0.15) is 5.56 Å². The number of anilines is 2. The lowest BCUT2D eigenvalue weighted by molar-refractivity contribution is 0.0927. The zero-order chi connectivity index (χ0) is 13.9. The fourth-order valence-corrected chi connectivity index (χ4v) is 2.18. The largest absolute Gasteiger partial charge is 0.368 e. The molecule has 0 aliphatic carbocycles. The number of rotatable bonds is 2. The zero-order valence-corrected chi connectivity index (χ0v) is 11.4. The molecule has 0 saturated carbocycles. The highest BCUT2D eigenvalue weighted by Crippen LogP contribution is 2.19. The first-order valence-corrected chi connectivity index (χ1v) is 6.57. The summed E-state index contributed by atoms with van der Waals surface area (Å²) in [6, 6.07) is 1.80. The first kappa shape index (κ1) is 13.0. The topological polar surface area (TPSA) is 90.0 Å². The van der Waals surface area contributed by atoms with Crippen molar-refractivity contribution in [1.82, 2.24) is 19.9 Å². The Morgan fingerprint density at radius 3 is 2.85 bits per heavy atom. The molecule has 2 aromatic rings. The normalized spacial score (nSPS) is 19.1. The Bertz CT molecular complexity index is 593. The number of hydrogen-bond acceptors (Lipinski definition) is 7. The van der Waals surface area contributed by atoms with Crippen LogP contribution in [0, 0.1) is 0 Å². The molecular weight excluding hydrogens is 280 g/mol. The smallest absolute Gasteiger partial charge is 0.226 e. The maximum Gasteiger partial charge on any atom is 0.226 e. The van der Waals surface area contributed by atoms with E-state index in [1.54, 1.807) is 24.7 Å². The van der Waals surface area contributed by atoms with Gasteiger partial charge in [-0.1, -0.05) is 11.6 Å². The summed E-state index contributed by atoms with van der Waals surface area (Å²) in [5.74, 6) is 0.856. The van der Waals surface area contributed by atoms with Crippen LogP contribution in [0.2, 0.25) is 0 Å². The van der Waals surface area contributed by atoms with Gasteiger partial charge in [0.25, 0.3) is 0 Å². The number of hydrogen-bond donors (Lipinski definition) is 1. The Morgan fingerprint density at radius 2 is 2.10 bits per heavy atom. The number of nitrogens with zero attached hydrogens (tertiary/aromatic N) is 5. The summed E-state index contributed by atoms with van der Waals surface area (Å²) < 4.78 is 5.29. The number of nitrogens with two attached hydrogens (primary N) is 1. The fraction of sp³-hybridized carbons (Fsp3) is 0.333. The van der Waals surface area contributed by atoms with Crippen LogP contribution < -0.4 is 10.6 Å². The summed E-state index contributed by atoms with van der Waals surface area (Å²) in [6.07, 6.45) is 4.98. The molecule has 0 bridgehead atoms. The predicted octanol–water partition coefficient (Wildman–Crippen LogP) is 0.917. The average molecular weight is 293 g/mol. The second kappa shape index (κ2) is 5.56. The lowest BCUT2D eigenvalue weighted by atomic mass is 10.2. The summed E-state index contributed by atoms with van der Waals surface area (Å²) in [7, 11) is 0. The number of aromatic nitrogens is 4. The van der Waals surface area contributed by atoms with Crippen LogP contribution in [0.1, 0.15) is 0 Å². The Morgan fingerprint density at radius 1 is 1.30 bits per heavy atom. The third kappa shape index (κ3) is 2.78. The molecule has 8 heteroatoms. The first-order chi connectivity index (χ1) is 9.72. The molecule has 3 rings (SSSR count). The van der Waals surface area contributed by atoms with Crippen molar-refractivity contribution in [1.29, 1.82) is 0 Å². The van der Waals surface area contributed by atoms with E-state index >= 15 is 0 Å². The van der Waals surface area contributed by atoms with Crippen molar-refractivity contribution in [3.05, 3.63) is 24.7 Å². The van der Waals surface area contributed by atoms with Gasteiger partial charge in [-0.2, -0.15) is 0 Å². The molecule has 1 saturated heterocycles. The number of ether oxygens (including phenoxy) is 1. The predicted molar refractivity (Wildman–Crippen MR) is 75.3 cm³/mol. The first-order valence-electron chi connectivity index (χ1n) is 6.14. The SMILES string of the molecule is Nc1ncc(-c2ccnc(N3CCOC(Cl)C3)n2)cn1. The molecule has 104 valence electrons. The Kier molecular flexibility index (Phi) is 3.62. The van der Waals surface area contributed by atoms with Crippen molar-refractivity contribution in [2.45, 2.75) is 5.56 Å². The molecule has 3 heterocycles. The second-order valence-corrected chi connectivity index (χ2v) is 4.79. The highest BCUT2D eigenvalue weighted by atomic mass is 35.5.